The summed E-state index contributed by atoms with van der Waals surface area (Å²) in [5.41, 5.74) is 0. The molecule has 0 bridgehead atoms. The van der Waals surface area contributed by atoms with Gasteiger partial charge in [0.2, 0.25) is 5.91 Å². The quantitative estimate of drug-likeness (QED) is 0.0498. The van der Waals surface area contributed by atoms with Gasteiger partial charge in [-0.1, -0.05) is 101 Å². The smallest absolute Gasteiger partial charge is 0.249 e. The van der Waals surface area contributed by atoms with Crippen LogP contribution in [0.1, 0.15) is 136 Å². The molecule has 0 aromatic carbocycles. The molecule has 1 amide bonds. The van der Waals surface area contributed by atoms with Crippen molar-refractivity contribution in [2.45, 2.75) is 160 Å². The van der Waals surface area contributed by atoms with Crippen LogP contribution in [-0.4, -0.2) is 57.3 Å². The summed E-state index contributed by atoms with van der Waals surface area (Å²) in [6.07, 6.45) is 32.9. The molecule has 0 spiro atoms. The standard InChI is InChI=1S/C35H63NO5/c1-3-5-7-9-11-13-14-15-16-17-18-19-20-21-23-24-26-28-32(38)34(40)31(30-37)36-35(41)33(39)29-27-25-22-12-10-8-6-4-2/h13-14,17-18,21-23,25,31-34,37-40H,3-12,15-16,19-20,24,26-30H2,1-2H3,(H,36,41)/b14-13+,18-17+,23-21+,25-22-. The Morgan fingerprint density at radius 1 is 0.585 bits per heavy atom. The van der Waals surface area contributed by atoms with Crippen molar-refractivity contribution >= 4 is 5.91 Å². The highest BCUT2D eigenvalue weighted by atomic mass is 16.3. The summed E-state index contributed by atoms with van der Waals surface area (Å²) >= 11 is 0. The van der Waals surface area contributed by atoms with Crippen molar-refractivity contribution < 1.29 is 25.2 Å². The number of nitrogens with one attached hydrogen (secondary N) is 1. The minimum Gasteiger partial charge on any atom is -0.394 e. The van der Waals surface area contributed by atoms with Crippen molar-refractivity contribution in [3.8, 4) is 0 Å². The molecule has 0 aromatic heterocycles. The summed E-state index contributed by atoms with van der Waals surface area (Å²) in [6, 6.07) is -1.02. The van der Waals surface area contributed by atoms with Gasteiger partial charge < -0.3 is 25.7 Å². The van der Waals surface area contributed by atoms with E-state index in [0.29, 0.717) is 19.3 Å². The lowest BCUT2D eigenvalue weighted by atomic mass is 10.0. The van der Waals surface area contributed by atoms with E-state index in [0.717, 1.165) is 44.9 Å². The van der Waals surface area contributed by atoms with Crippen molar-refractivity contribution in [1.82, 2.24) is 5.32 Å². The van der Waals surface area contributed by atoms with E-state index in [1.807, 2.05) is 6.08 Å². The number of carbonyl (C=O) groups excluding carboxylic acids is 1. The number of amides is 1. The Morgan fingerprint density at radius 2 is 1.02 bits per heavy atom. The van der Waals surface area contributed by atoms with Gasteiger partial charge in [-0.25, -0.2) is 0 Å². The predicted octanol–water partition coefficient (Wildman–Crippen LogP) is 7.22. The second-order valence-electron chi connectivity index (χ2n) is 11.1. The maximum Gasteiger partial charge on any atom is 0.249 e. The molecule has 0 heterocycles. The fraction of sp³-hybridized carbons (Fsp3) is 0.743. The van der Waals surface area contributed by atoms with Gasteiger partial charge in [0.25, 0.3) is 0 Å². The molecule has 0 aliphatic rings. The van der Waals surface area contributed by atoms with Crippen molar-refractivity contribution in [3.63, 3.8) is 0 Å². The van der Waals surface area contributed by atoms with Crippen LogP contribution in [0.3, 0.4) is 0 Å². The average molecular weight is 578 g/mol. The van der Waals surface area contributed by atoms with Crippen molar-refractivity contribution in [2.75, 3.05) is 6.61 Å². The molecule has 0 aliphatic carbocycles. The Labute approximate surface area is 251 Å². The Balaban J connectivity index is 4.00. The minimum absolute atomic E-state index is 0.271. The van der Waals surface area contributed by atoms with E-state index in [2.05, 4.69) is 61.7 Å². The van der Waals surface area contributed by atoms with Gasteiger partial charge in [0.05, 0.1) is 18.8 Å². The van der Waals surface area contributed by atoms with Gasteiger partial charge in [0, 0.05) is 0 Å². The molecule has 0 aromatic rings. The monoisotopic (exact) mass is 577 g/mol. The molecule has 4 unspecified atom stereocenters. The topological polar surface area (TPSA) is 110 Å². The molecule has 0 radical (unpaired) electrons. The summed E-state index contributed by atoms with van der Waals surface area (Å²) in [6.45, 7) is 3.90. The number of aliphatic hydroxyl groups excluding tert-OH is 4. The fourth-order valence-electron chi connectivity index (χ4n) is 4.49. The van der Waals surface area contributed by atoms with Crippen LogP contribution in [0.4, 0.5) is 0 Å². The zero-order valence-electron chi connectivity index (χ0n) is 26.3. The van der Waals surface area contributed by atoms with Crippen LogP contribution < -0.4 is 5.32 Å². The predicted molar refractivity (Wildman–Crippen MR) is 173 cm³/mol. The van der Waals surface area contributed by atoms with Crippen LogP contribution in [0.5, 0.6) is 0 Å². The number of allylic oxidation sites excluding steroid dienone is 8. The van der Waals surface area contributed by atoms with E-state index in [1.165, 1.54) is 51.4 Å². The highest BCUT2D eigenvalue weighted by Crippen LogP contribution is 2.11. The number of hydrogen-bond donors (Lipinski definition) is 5. The fourth-order valence-corrected chi connectivity index (χ4v) is 4.49. The molecule has 0 fully saturated rings. The number of carbonyl (C=O) groups is 1. The molecule has 6 nitrogen and oxygen atoms in total. The summed E-state index contributed by atoms with van der Waals surface area (Å²) in [7, 11) is 0. The highest BCUT2D eigenvalue weighted by molar-refractivity contribution is 5.80. The number of hydrogen-bond acceptors (Lipinski definition) is 5. The van der Waals surface area contributed by atoms with Crippen LogP contribution in [0.2, 0.25) is 0 Å². The Bertz CT molecular complexity index is 703. The van der Waals surface area contributed by atoms with Crippen molar-refractivity contribution in [3.05, 3.63) is 48.6 Å². The molecule has 5 N–H and O–H groups in total. The number of unbranched alkanes of at least 4 members (excludes halogenated alkanes) is 11. The lowest BCUT2D eigenvalue weighted by Gasteiger charge is -2.27. The van der Waals surface area contributed by atoms with E-state index in [1.54, 1.807) is 0 Å². The molecule has 41 heavy (non-hydrogen) atoms. The SMILES string of the molecule is CCCCCC/C=C\CCC(O)C(=O)NC(CO)C(O)C(O)CCC/C=C/CC/C=C/CC/C=C/CCCCCC. The molecular weight excluding hydrogens is 514 g/mol. The molecule has 0 saturated carbocycles. The molecule has 0 aliphatic heterocycles. The van der Waals surface area contributed by atoms with Gasteiger partial charge in [0.15, 0.2) is 0 Å². The first-order valence-electron chi connectivity index (χ1n) is 16.5. The van der Waals surface area contributed by atoms with Crippen LogP contribution >= 0.6 is 0 Å². The van der Waals surface area contributed by atoms with Crippen LogP contribution in [-0.2, 0) is 4.79 Å². The van der Waals surface area contributed by atoms with Gasteiger partial charge in [-0.05, 0) is 83.5 Å². The van der Waals surface area contributed by atoms with Gasteiger partial charge >= 0.3 is 0 Å². The summed E-state index contributed by atoms with van der Waals surface area (Å²) < 4.78 is 0. The molecule has 238 valence electrons. The van der Waals surface area contributed by atoms with Crippen LogP contribution in [0, 0.1) is 0 Å². The normalized spacial score (nSPS) is 15.4. The Morgan fingerprint density at radius 3 is 1.49 bits per heavy atom. The van der Waals surface area contributed by atoms with Crippen molar-refractivity contribution in [2.24, 2.45) is 0 Å². The molecule has 0 saturated heterocycles. The lowest BCUT2D eigenvalue weighted by molar-refractivity contribution is -0.132. The minimum atomic E-state index is -1.30. The van der Waals surface area contributed by atoms with Crippen LogP contribution in [0.15, 0.2) is 48.6 Å². The summed E-state index contributed by atoms with van der Waals surface area (Å²) in [5, 5.41) is 43.0. The van der Waals surface area contributed by atoms with E-state index in [4.69, 9.17) is 0 Å². The summed E-state index contributed by atoms with van der Waals surface area (Å²) in [5.74, 6) is -0.641. The maximum atomic E-state index is 12.3. The second kappa shape index (κ2) is 29.8. The maximum absolute atomic E-state index is 12.3. The summed E-state index contributed by atoms with van der Waals surface area (Å²) in [4.78, 5) is 12.3. The molecule has 6 heteroatoms. The van der Waals surface area contributed by atoms with Gasteiger partial charge in [-0.15, -0.1) is 0 Å². The first-order chi connectivity index (χ1) is 20.0. The second-order valence-corrected chi connectivity index (χ2v) is 11.1. The molecular formula is C35H63NO5. The zero-order valence-corrected chi connectivity index (χ0v) is 26.3. The Hall–Kier alpha value is -1.73. The Kier molecular flexibility index (Phi) is 28.5. The van der Waals surface area contributed by atoms with E-state index >= 15 is 0 Å². The van der Waals surface area contributed by atoms with Crippen molar-refractivity contribution in [1.29, 1.82) is 0 Å². The average Bonchev–Trinajstić information content (AvgIpc) is 2.98. The van der Waals surface area contributed by atoms with E-state index in [9.17, 15) is 25.2 Å². The zero-order chi connectivity index (χ0) is 30.4. The van der Waals surface area contributed by atoms with Crippen LogP contribution in [0.25, 0.3) is 0 Å². The third-order valence-corrected chi connectivity index (χ3v) is 7.23. The third-order valence-electron chi connectivity index (χ3n) is 7.23. The lowest BCUT2D eigenvalue weighted by Crippen LogP contribution is -2.53. The van der Waals surface area contributed by atoms with E-state index < -0.39 is 36.9 Å². The van der Waals surface area contributed by atoms with Gasteiger partial charge in [-0.2, -0.15) is 0 Å². The third kappa shape index (κ3) is 24.6. The number of rotatable bonds is 28. The van der Waals surface area contributed by atoms with Gasteiger partial charge in [0.1, 0.15) is 12.2 Å². The first-order valence-corrected chi connectivity index (χ1v) is 16.5. The molecule has 0 rings (SSSR count). The number of aliphatic hydroxyl groups is 4. The van der Waals surface area contributed by atoms with E-state index in [-0.39, 0.29) is 6.42 Å². The van der Waals surface area contributed by atoms with Gasteiger partial charge in [-0.3, -0.25) is 4.79 Å². The largest absolute Gasteiger partial charge is 0.394 e. The highest BCUT2D eigenvalue weighted by Gasteiger charge is 2.28. The first kappa shape index (κ1) is 39.3. The molecule has 4 atom stereocenters.